The molecule has 0 bridgehead atoms. The molecular formula is C13H14F2N2S. The molecule has 2 aromatic rings. The van der Waals surface area contributed by atoms with Gasteiger partial charge in [0.1, 0.15) is 5.69 Å². The van der Waals surface area contributed by atoms with Gasteiger partial charge in [-0.1, -0.05) is 6.92 Å². The maximum absolute atomic E-state index is 13.5. The van der Waals surface area contributed by atoms with Gasteiger partial charge in [-0.05, 0) is 35.6 Å². The summed E-state index contributed by atoms with van der Waals surface area (Å²) in [6.07, 6.45) is 0.910. The molecule has 3 N–H and O–H groups in total. The Kier molecular flexibility index (Phi) is 3.81. The lowest BCUT2D eigenvalue weighted by Gasteiger charge is -2.09. The topological polar surface area (TPSA) is 38.0 Å². The van der Waals surface area contributed by atoms with E-state index < -0.39 is 11.6 Å². The number of hydrogen-bond donors (Lipinski definition) is 2. The molecule has 1 aromatic heterocycles. The molecule has 0 aliphatic rings. The van der Waals surface area contributed by atoms with E-state index >= 15 is 0 Å². The van der Waals surface area contributed by atoms with Crippen LogP contribution in [0.4, 0.5) is 20.2 Å². The van der Waals surface area contributed by atoms with Gasteiger partial charge in [0.25, 0.3) is 0 Å². The first-order valence-corrected chi connectivity index (χ1v) is 6.53. The molecule has 1 aromatic carbocycles. The molecule has 2 rings (SSSR count). The summed E-state index contributed by atoms with van der Waals surface area (Å²) in [7, 11) is 0. The van der Waals surface area contributed by atoms with Crippen LogP contribution in [0.5, 0.6) is 0 Å². The van der Waals surface area contributed by atoms with Crippen molar-refractivity contribution in [2.24, 2.45) is 0 Å². The number of benzene rings is 1. The Bertz CT molecular complexity index is 529. The second kappa shape index (κ2) is 5.35. The van der Waals surface area contributed by atoms with Gasteiger partial charge in [-0.25, -0.2) is 8.78 Å². The van der Waals surface area contributed by atoms with E-state index in [0.29, 0.717) is 6.54 Å². The molecule has 0 saturated heterocycles. The first-order chi connectivity index (χ1) is 8.61. The van der Waals surface area contributed by atoms with Crippen LogP contribution in [0.25, 0.3) is 0 Å². The van der Waals surface area contributed by atoms with Crippen LogP contribution in [0.3, 0.4) is 0 Å². The van der Waals surface area contributed by atoms with Crippen LogP contribution in [0.1, 0.15) is 17.4 Å². The molecular weight excluding hydrogens is 254 g/mol. The zero-order valence-electron chi connectivity index (χ0n) is 9.97. The molecule has 2 nitrogen and oxygen atoms in total. The Hall–Kier alpha value is -1.62. The van der Waals surface area contributed by atoms with Crippen molar-refractivity contribution in [3.63, 3.8) is 0 Å². The second-order valence-electron chi connectivity index (χ2n) is 3.94. The maximum atomic E-state index is 13.5. The normalized spacial score (nSPS) is 10.6. The van der Waals surface area contributed by atoms with Crippen molar-refractivity contribution in [3.8, 4) is 0 Å². The molecule has 0 aliphatic heterocycles. The molecule has 0 radical (unpaired) electrons. The lowest BCUT2D eigenvalue weighted by Crippen LogP contribution is -2.05. The van der Waals surface area contributed by atoms with Crippen LogP contribution in [0.2, 0.25) is 0 Å². The molecule has 0 fully saturated rings. The summed E-state index contributed by atoms with van der Waals surface area (Å²) in [6.45, 7) is 2.47. The van der Waals surface area contributed by atoms with E-state index in [9.17, 15) is 8.78 Å². The number of nitrogens with one attached hydrogen (secondary N) is 1. The molecule has 1 heterocycles. The quantitative estimate of drug-likeness (QED) is 0.828. The summed E-state index contributed by atoms with van der Waals surface area (Å²) >= 11 is 1.58. The minimum absolute atomic E-state index is 0.0842. The lowest BCUT2D eigenvalue weighted by atomic mass is 10.2. The summed E-state index contributed by atoms with van der Waals surface area (Å²) in [5.41, 5.74) is 6.52. The number of hydrogen-bond acceptors (Lipinski definition) is 3. The van der Waals surface area contributed by atoms with E-state index in [1.165, 1.54) is 5.56 Å². The SMILES string of the molecule is CCc1ccsc1CNc1c(F)cc(N)cc1F. The molecule has 0 spiro atoms. The molecule has 0 atom stereocenters. The monoisotopic (exact) mass is 268 g/mol. The van der Waals surface area contributed by atoms with Crippen molar-refractivity contribution in [1.29, 1.82) is 0 Å². The fourth-order valence-corrected chi connectivity index (χ4v) is 2.68. The van der Waals surface area contributed by atoms with Gasteiger partial charge in [0.15, 0.2) is 11.6 Å². The van der Waals surface area contributed by atoms with Gasteiger partial charge in [-0.2, -0.15) is 0 Å². The number of halogens is 2. The van der Waals surface area contributed by atoms with Gasteiger partial charge in [-0.3, -0.25) is 0 Å². The average Bonchev–Trinajstić information content (AvgIpc) is 2.75. The minimum atomic E-state index is -0.665. The number of rotatable bonds is 4. The van der Waals surface area contributed by atoms with Crippen LogP contribution < -0.4 is 11.1 Å². The highest BCUT2D eigenvalue weighted by molar-refractivity contribution is 7.10. The van der Waals surface area contributed by atoms with Gasteiger partial charge >= 0.3 is 0 Å². The molecule has 5 heteroatoms. The van der Waals surface area contributed by atoms with E-state index in [4.69, 9.17) is 5.73 Å². The summed E-state index contributed by atoms with van der Waals surface area (Å²) in [4.78, 5) is 1.09. The third-order valence-electron chi connectivity index (χ3n) is 2.71. The minimum Gasteiger partial charge on any atom is -0.399 e. The van der Waals surface area contributed by atoms with E-state index in [1.807, 2.05) is 11.4 Å². The van der Waals surface area contributed by atoms with Crippen LogP contribution >= 0.6 is 11.3 Å². The molecule has 0 unspecified atom stereocenters. The predicted octanol–water partition coefficient (Wildman–Crippen LogP) is 3.78. The van der Waals surface area contributed by atoms with Crippen molar-refractivity contribution >= 4 is 22.7 Å². The third kappa shape index (κ3) is 2.61. The Balaban J connectivity index is 2.16. The Morgan fingerprint density at radius 1 is 1.28 bits per heavy atom. The molecule has 0 amide bonds. The van der Waals surface area contributed by atoms with Gasteiger partial charge in [0.05, 0.1) is 0 Å². The predicted molar refractivity (Wildman–Crippen MR) is 71.8 cm³/mol. The van der Waals surface area contributed by atoms with E-state index in [-0.39, 0.29) is 11.4 Å². The van der Waals surface area contributed by atoms with Gasteiger partial charge in [0.2, 0.25) is 0 Å². The highest BCUT2D eigenvalue weighted by atomic mass is 32.1. The first kappa shape index (κ1) is 12.8. The zero-order chi connectivity index (χ0) is 13.1. The van der Waals surface area contributed by atoms with Crippen LogP contribution in [0, 0.1) is 11.6 Å². The Morgan fingerprint density at radius 3 is 2.56 bits per heavy atom. The highest BCUT2D eigenvalue weighted by Gasteiger charge is 2.11. The van der Waals surface area contributed by atoms with Crippen molar-refractivity contribution in [1.82, 2.24) is 0 Å². The summed E-state index contributed by atoms with van der Waals surface area (Å²) < 4.78 is 27.1. The van der Waals surface area contributed by atoms with E-state index in [1.54, 1.807) is 11.3 Å². The number of nitrogen functional groups attached to an aromatic ring is 1. The zero-order valence-corrected chi connectivity index (χ0v) is 10.8. The Labute approximate surface area is 108 Å². The highest BCUT2D eigenvalue weighted by Crippen LogP contribution is 2.24. The Morgan fingerprint density at radius 2 is 1.94 bits per heavy atom. The van der Waals surface area contributed by atoms with Crippen LogP contribution in [0.15, 0.2) is 23.6 Å². The smallest absolute Gasteiger partial charge is 0.151 e. The van der Waals surface area contributed by atoms with E-state index in [2.05, 4.69) is 12.2 Å². The summed E-state index contributed by atoms with van der Waals surface area (Å²) in [5.74, 6) is -1.33. The second-order valence-corrected chi connectivity index (χ2v) is 4.94. The van der Waals surface area contributed by atoms with Crippen molar-refractivity contribution < 1.29 is 8.78 Å². The standard InChI is InChI=1S/C13H14F2N2S/c1-2-8-3-4-18-12(8)7-17-13-10(14)5-9(16)6-11(13)15/h3-6,17H,2,7,16H2,1H3. The van der Waals surface area contributed by atoms with Crippen LogP contribution in [-0.4, -0.2) is 0 Å². The largest absolute Gasteiger partial charge is 0.399 e. The van der Waals surface area contributed by atoms with Crippen LogP contribution in [-0.2, 0) is 13.0 Å². The summed E-state index contributed by atoms with van der Waals surface area (Å²) in [5, 5.41) is 4.77. The third-order valence-corrected chi connectivity index (χ3v) is 3.67. The number of aryl methyl sites for hydroxylation is 1. The molecule has 96 valence electrons. The van der Waals surface area contributed by atoms with Gasteiger partial charge in [0, 0.05) is 17.1 Å². The van der Waals surface area contributed by atoms with Crippen molar-refractivity contribution in [2.75, 3.05) is 11.1 Å². The first-order valence-electron chi connectivity index (χ1n) is 5.65. The van der Waals surface area contributed by atoms with Crippen molar-refractivity contribution in [2.45, 2.75) is 19.9 Å². The fraction of sp³-hybridized carbons (Fsp3) is 0.231. The van der Waals surface area contributed by atoms with Gasteiger partial charge < -0.3 is 11.1 Å². The van der Waals surface area contributed by atoms with Crippen molar-refractivity contribution in [3.05, 3.63) is 45.7 Å². The lowest BCUT2D eigenvalue weighted by molar-refractivity contribution is 0.589. The average molecular weight is 268 g/mol. The number of anilines is 2. The van der Waals surface area contributed by atoms with E-state index in [0.717, 1.165) is 23.4 Å². The molecule has 0 aliphatic carbocycles. The summed E-state index contributed by atoms with van der Waals surface area (Å²) in [6, 6.07) is 4.25. The van der Waals surface area contributed by atoms with Gasteiger partial charge in [-0.15, -0.1) is 11.3 Å². The fourth-order valence-electron chi connectivity index (χ4n) is 1.77. The molecule has 18 heavy (non-hydrogen) atoms. The molecule has 0 saturated carbocycles. The maximum Gasteiger partial charge on any atom is 0.151 e. The number of thiophene rings is 1. The number of nitrogens with two attached hydrogens (primary N) is 1.